The van der Waals surface area contributed by atoms with Crippen LogP contribution < -0.4 is 0 Å². The quantitative estimate of drug-likeness (QED) is 0.862. The monoisotopic (exact) mass is 258 g/mol. The maximum atomic E-state index is 12.8. The summed E-state index contributed by atoms with van der Waals surface area (Å²) in [5, 5.41) is 9.96. The van der Waals surface area contributed by atoms with Gasteiger partial charge in [0, 0.05) is 4.47 Å². The van der Waals surface area contributed by atoms with E-state index in [1.807, 2.05) is 0 Å². The van der Waals surface area contributed by atoms with Crippen LogP contribution in [0.15, 0.2) is 22.7 Å². The highest BCUT2D eigenvalue weighted by Crippen LogP contribution is 2.39. The SMILES string of the molecule is OC(c1ccc(F)cc1Br)C1CCC1. The van der Waals surface area contributed by atoms with Crippen molar-refractivity contribution < 1.29 is 9.50 Å². The zero-order chi connectivity index (χ0) is 10.1. The molecular formula is C11H12BrFO. The fraction of sp³-hybridized carbons (Fsp3) is 0.455. The lowest BCUT2D eigenvalue weighted by atomic mass is 9.79. The third-order valence-electron chi connectivity index (χ3n) is 2.88. The Labute approximate surface area is 91.1 Å². The van der Waals surface area contributed by atoms with Crippen molar-refractivity contribution >= 4 is 15.9 Å². The molecule has 0 saturated heterocycles. The highest BCUT2D eigenvalue weighted by Gasteiger charge is 2.27. The van der Waals surface area contributed by atoms with Crippen LogP contribution in [0.1, 0.15) is 30.9 Å². The average Bonchev–Trinajstić information content (AvgIpc) is 2.00. The Morgan fingerprint density at radius 2 is 2.14 bits per heavy atom. The Balaban J connectivity index is 2.22. The van der Waals surface area contributed by atoms with Crippen molar-refractivity contribution in [2.45, 2.75) is 25.4 Å². The topological polar surface area (TPSA) is 20.2 Å². The summed E-state index contributed by atoms with van der Waals surface area (Å²) in [5.74, 6) is 0.0817. The van der Waals surface area contributed by atoms with E-state index in [2.05, 4.69) is 15.9 Å². The molecule has 76 valence electrons. The molecule has 0 radical (unpaired) electrons. The minimum atomic E-state index is -0.446. The van der Waals surface area contributed by atoms with Gasteiger partial charge in [-0.15, -0.1) is 0 Å². The molecule has 1 saturated carbocycles. The molecule has 1 aromatic carbocycles. The van der Waals surface area contributed by atoms with Crippen molar-refractivity contribution in [3.8, 4) is 0 Å². The van der Waals surface area contributed by atoms with E-state index in [-0.39, 0.29) is 5.82 Å². The van der Waals surface area contributed by atoms with Crippen LogP contribution in [-0.4, -0.2) is 5.11 Å². The molecule has 1 fully saturated rings. The lowest BCUT2D eigenvalue weighted by Gasteiger charge is -2.30. The van der Waals surface area contributed by atoms with Gasteiger partial charge in [0.1, 0.15) is 5.82 Å². The summed E-state index contributed by atoms with van der Waals surface area (Å²) in [7, 11) is 0. The minimum absolute atomic E-state index is 0.276. The van der Waals surface area contributed by atoms with Gasteiger partial charge in [0.15, 0.2) is 0 Å². The van der Waals surface area contributed by atoms with Gasteiger partial charge in [-0.3, -0.25) is 0 Å². The second kappa shape index (κ2) is 3.99. The molecule has 1 aliphatic carbocycles. The molecule has 3 heteroatoms. The summed E-state index contributed by atoms with van der Waals surface area (Å²) < 4.78 is 13.5. The summed E-state index contributed by atoms with van der Waals surface area (Å²) in [4.78, 5) is 0. The molecule has 1 N–H and O–H groups in total. The second-order valence-corrected chi connectivity index (χ2v) is 4.66. The van der Waals surface area contributed by atoms with Crippen LogP contribution in [0.25, 0.3) is 0 Å². The van der Waals surface area contributed by atoms with Crippen LogP contribution in [0.2, 0.25) is 0 Å². The highest BCUT2D eigenvalue weighted by atomic mass is 79.9. The van der Waals surface area contributed by atoms with Gasteiger partial charge in [-0.2, -0.15) is 0 Å². The maximum Gasteiger partial charge on any atom is 0.124 e. The molecule has 0 amide bonds. The highest BCUT2D eigenvalue weighted by molar-refractivity contribution is 9.10. The van der Waals surface area contributed by atoms with Gasteiger partial charge in [0.05, 0.1) is 6.10 Å². The van der Waals surface area contributed by atoms with Crippen molar-refractivity contribution in [2.75, 3.05) is 0 Å². The normalized spacial score (nSPS) is 19.1. The number of aliphatic hydroxyl groups excluding tert-OH is 1. The molecule has 1 aromatic rings. The van der Waals surface area contributed by atoms with E-state index in [9.17, 15) is 9.50 Å². The van der Waals surface area contributed by atoms with Crippen LogP contribution in [0.5, 0.6) is 0 Å². The number of benzene rings is 1. The van der Waals surface area contributed by atoms with E-state index < -0.39 is 6.10 Å². The smallest absolute Gasteiger partial charge is 0.124 e. The lowest BCUT2D eigenvalue weighted by molar-refractivity contribution is 0.0615. The van der Waals surface area contributed by atoms with Gasteiger partial charge in [0.2, 0.25) is 0 Å². The fourth-order valence-corrected chi connectivity index (χ4v) is 2.34. The van der Waals surface area contributed by atoms with Gasteiger partial charge in [-0.1, -0.05) is 28.4 Å². The van der Waals surface area contributed by atoms with Crippen molar-refractivity contribution in [1.29, 1.82) is 0 Å². The van der Waals surface area contributed by atoms with E-state index in [4.69, 9.17) is 0 Å². The van der Waals surface area contributed by atoms with Gasteiger partial charge >= 0.3 is 0 Å². The van der Waals surface area contributed by atoms with Gasteiger partial charge in [-0.05, 0) is 36.5 Å². The number of hydrogen-bond donors (Lipinski definition) is 1. The first-order chi connectivity index (χ1) is 6.68. The van der Waals surface area contributed by atoms with E-state index >= 15 is 0 Å². The second-order valence-electron chi connectivity index (χ2n) is 3.80. The first kappa shape index (κ1) is 10.1. The van der Waals surface area contributed by atoms with Crippen molar-refractivity contribution in [2.24, 2.45) is 5.92 Å². The lowest BCUT2D eigenvalue weighted by Crippen LogP contribution is -2.20. The summed E-state index contributed by atoms with van der Waals surface area (Å²) in [5.41, 5.74) is 0.802. The fourth-order valence-electron chi connectivity index (χ4n) is 1.75. The van der Waals surface area contributed by atoms with E-state index in [1.54, 1.807) is 6.07 Å². The Bertz CT molecular complexity index is 336. The third-order valence-corrected chi connectivity index (χ3v) is 3.56. The number of hydrogen-bond acceptors (Lipinski definition) is 1. The van der Waals surface area contributed by atoms with E-state index in [1.165, 1.54) is 18.6 Å². The van der Waals surface area contributed by atoms with Crippen LogP contribution in [-0.2, 0) is 0 Å². The molecule has 14 heavy (non-hydrogen) atoms. The zero-order valence-electron chi connectivity index (χ0n) is 7.71. The first-order valence-electron chi connectivity index (χ1n) is 4.81. The van der Waals surface area contributed by atoms with Crippen molar-refractivity contribution in [3.63, 3.8) is 0 Å². The number of halogens is 2. The van der Waals surface area contributed by atoms with Crippen LogP contribution in [0.3, 0.4) is 0 Å². The summed E-state index contributed by atoms with van der Waals surface area (Å²) >= 11 is 3.27. The zero-order valence-corrected chi connectivity index (χ0v) is 9.30. The number of aliphatic hydroxyl groups is 1. The Morgan fingerprint density at radius 1 is 1.43 bits per heavy atom. The molecule has 0 heterocycles. The molecule has 1 aliphatic rings. The molecule has 1 unspecified atom stereocenters. The third kappa shape index (κ3) is 1.84. The molecule has 1 atom stereocenters. The van der Waals surface area contributed by atoms with Gasteiger partial charge in [0.25, 0.3) is 0 Å². The average molecular weight is 259 g/mol. The van der Waals surface area contributed by atoms with Gasteiger partial charge < -0.3 is 5.11 Å². The Hall–Kier alpha value is -0.410. The molecular weight excluding hydrogens is 247 g/mol. The first-order valence-corrected chi connectivity index (χ1v) is 5.61. The molecule has 0 aromatic heterocycles. The minimum Gasteiger partial charge on any atom is -0.388 e. The molecule has 2 rings (SSSR count). The molecule has 0 bridgehead atoms. The number of rotatable bonds is 2. The Kier molecular flexibility index (Phi) is 2.88. The predicted molar refractivity (Wildman–Crippen MR) is 56.4 cm³/mol. The summed E-state index contributed by atoms with van der Waals surface area (Å²) in [6.07, 6.45) is 2.90. The predicted octanol–water partition coefficient (Wildman–Crippen LogP) is 3.42. The van der Waals surface area contributed by atoms with Crippen LogP contribution in [0.4, 0.5) is 4.39 Å². The van der Waals surface area contributed by atoms with Crippen molar-refractivity contribution in [1.82, 2.24) is 0 Å². The van der Waals surface area contributed by atoms with Crippen LogP contribution in [0, 0.1) is 11.7 Å². The summed E-state index contributed by atoms with van der Waals surface area (Å²) in [6, 6.07) is 4.45. The Morgan fingerprint density at radius 3 is 2.64 bits per heavy atom. The molecule has 0 aliphatic heterocycles. The molecule has 1 nitrogen and oxygen atoms in total. The maximum absolute atomic E-state index is 12.8. The largest absolute Gasteiger partial charge is 0.388 e. The van der Waals surface area contributed by atoms with E-state index in [0.717, 1.165) is 18.4 Å². The van der Waals surface area contributed by atoms with Crippen molar-refractivity contribution in [3.05, 3.63) is 34.1 Å². The molecule has 0 spiro atoms. The van der Waals surface area contributed by atoms with Crippen LogP contribution >= 0.6 is 15.9 Å². The summed E-state index contributed by atoms with van der Waals surface area (Å²) in [6.45, 7) is 0. The standard InChI is InChI=1S/C11H12BrFO/c12-10-6-8(13)4-5-9(10)11(14)7-2-1-3-7/h4-7,11,14H,1-3H2. The van der Waals surface area contributed by atoms with Gasteiger partial charge in [-0.25, -0.2) is 4.39 Å². The van der Waals surface area contributed by atoms with E-state index in [0.29, 0.717) is 10.4 Å².